The average molecular weight is 454 g/mol. The number of carbonyl (C=O) groups is 1. The number of carbonyl (C=O) groups excluding carboxylic acids is 1. The Balaban J connectivity index is 1.44. The smallest absolute Gasteiger partial charge is 0.352 e. The van der Waals surface area contributed by atoms with E-state index in [4.69, 9.17) is 20.9 Å². The molecule has 0 bridgehead atoms. The first-order chi connectivity index (χ1) is 15.8. The number of ether oxygens (including phenoxy) is 2. The van der Waals surface area contributed by atoms with Gasteiger partial charge in [-0.15, -0.1) is 0 Å². The predicted octanol–water partition coefficient (Wildman–Crippen LogP) is -1.28. The second-order valence-electron chi connectivity index (χ2n) is 7.71. The molecule has 2 aromatic heterocycles. The highest BCUT2D eigenvalue weighted by Gasteiger charge is 2.57. The Labute approximate surface area is 187 Å². The van der Waals surface area contributed by atoms with Gasteiger partial charge in [0.15, 0.2) is 0 Å². The van der Waals surface area contributed by atoms with Gasteiger partial charge < -0.3 is 36.1 Å². The molecule has 1 unspecified atom stereocenters. The first-order valence-electron chi connectivity index (χ1n) is 10.0. The number of nitrogens with two attached hydrogens (primary N) is 2. The van der Waals surface area contributed by atoms with Crippen LogP contribution >= 0.6 is 0 Å². The van der Waals surface area contributed by atoms with Crippen molar-refractivity contribution in [2.45, 2.75) is 36.5 Å². The van der Waals surface area contributed by atoms with E-state index in [1.165, 1.54) is 6.07 Å². The van der Waals surface area contributed by atoms with E-state index >= 15 is 0 Å². The van der Waals surface area contributed by atoms with Crippen molar-refractivity contribution in [2.75, 3.05) is 12.3 Å². The van der Waals surface area contributed by atoms with Crippen LogP contribution in [0.2, 0.25) is 0 Å². The number of hydrogen-bond donors (Lipinski definition) is 5. The summed E-state index contributed by atoms with van der Waals surface area (Å²) < 4.78 is 11.4. The maximum atomic E-state index is 12.4. The average Bonchev–Trinajstić information content (AvgIpc) is 3.32. The highest BCUT2D eigenvalue weighted by atomic mass is 16.6. The normalized spacial score (nSPS) is 25.6. The van der Waals surface area contributed by atoms with Crippen molar-refractivity contribution in [2.24, 2.45) is 5.73 Å². The molecule has 12 nitrogen and oxygen atoms in total. The Morgan fingerprint density at radius 1 is 1.39 bits per heavy atom. The van der Waals surface area contributed by atoms with Crippen LogP contribution in [0.4, 0.5) is 5.82 Å². The van der Waals surface area contributed by atoms with Gasteiger partial charge in [-0.25, -0.2) is 4.79 Å². The molecule has 0 amide bonds. The molecule has 5 atom stereocenters. The molecule has 0 aliphatic carbocycles. The minimum atomic E-state index is -2.28. The van der Waals surface area contributed by atoms with Crippen LogP contribution < -0.4 is 17.2 Å². The Kier molecular flexibility index (Phi) is 5.88. The monoisotopic (exact) mass is 454 g/mol. The zero-order chi connectivity index (χ0) is 23.8. The van der Waals surface area contributed by atoms with E-state index in [0.717, 1.165) is 27.2 Å². The van der Waals surface area contributed by atoms with E-state index in [9.17, 15) is 25.1 Å². The lowest BCUT2D eigenvalue weighted by molar-refractivity contribution is -0.155. The Morgan fingerprint density at radius 3 is 2.88 bits per heavy atom. The number of aromatic amines is 1. The Morgan fingerprint density at radius 2 is 2.15 bits per heavy atom. The lowest BCUT2D eigenvalue weighted by Crippen LogP contribution is -2.49. The molecular formula is C21H22N6O6. The van der Waals surface area contributed by atoms with E-state index in [1.54, 1.807) is 12.3 Å². The third kappa shape index (κ3) is 3.94. The first-order valence-corrected chi connectivity index (χ1v) is 10.0. The number of esters is 1. The number of nitriles is 1. The molecule has 0 radical (unpaired) electrons. The maximum Gasteiger partial charge on any atom is 0.352 e. The number of aromatic nitrogens is 3. The summed E-state index contributed by atoms with van der Waals surface area (Å²) in [6.45, 7) is -0.501. The van der Waals surface area contributed by atoms with Crippen molar-refractivity contribution >= 4 is 22.7 Å². The molecule has 7 N–H and O–H groups in total. The van der Waals surface area contributed by atoms with Crippen molar-refractivity contribution in [1.29, 1.82) is 5.26 Å². The molecule has 1 aliphatic heterocycles. The predicted molar refractivity (Wildman–Crippen MR) is 114 cm³/mol. The third-order valence-electron chi connectivity index (χ3n) is 5.59. The van der Waals surface area contributed by atoms with Crippen LogP contribution in [0.3, 0.4) is 0 Å². The van der Waals surface area contributed by atoms with Gasteiger partial charge in [-0.2, -0.15) is 10.2 Å². The zero-order valence-electron chi connectivity index (χ0n) is 17.3. The van der Waals surface area contributed by atoms with Crippen LogP contribution in [0.15, 0.2) is 47.5 Å². The van der Waals surface area contributed by atoms with E-state index < -0.39 is 48.3 Å². The van der Waals surface area contributed by atoms with E-state index in [0.29, 0.717) is 0 Å². The second kappa shape index (κ2) is 8.64. The number of hydrogen-bond acceptors (Lipinski definition) is 10. The van der Waals surface area contributed by atoms with Gasteiger partial charge in [-0.1, -0.05) is 18.2 Å². The number of nitrogens with zero attached hydrogens (tertiary/aromatic N) is 3. The number of para-hydroxylation sites is 1. The van der Waals surface area contributed by atoms with Crippen molar-refractivity contribution in [1.82, 2.24) is 14.5 Å². The molecular weight excluding hydrogens is 432 g/mol. The van der Waals surface area contributed by atoms with Crippen LogP contribution in [0.1, 0.15) is 5.56 Å². The van der Waals surface area contributed by atoms with Crippen molar-refractivity contribution in [3.8, 4) is 6.07 Å². The van der Waals surface area contributed by atoms with Gasteiger partial charge in [0.1, 0.15) is 42.8 Å². The molecule has 12 heteroatoms. The van der Waals surface area contributed by atoms with Crippen LogP contribution in [0, 0.1) is 11.3 Å². The number of nitrogen functional groups attached to an aromatic ring is 1. The molecule has 3 aromatic rings. The lowest BCUT2D eigenvalue weighted by atomic mass is 10.0. The summed E-state index contributed by atoms with van der Waals surface area (Å²) >= 11 is 0. The number of anilines is 1. The van der Waals surface area contributed by atoms with Gasteiger partial charge in [-0.05, 0) is 17.7 Å². The molecule has 0 spiro atoms. The number of benzene rings is 1. The van der Waals surface area contributed by atoms with Crippen LogP contribution in [0.25, 0.3) is 10.9 Å². The standard InChI is InChI=1S/C21H22N6O6/c22-10-21(27-6-5-16(24)26-20(27)31)18(29)17(28)15(33-21)9-32-19(30)13(23)7-11-8-25-14-4-2-1-3-12(11)14/h1-6,8,13,15,17-18,25,28-29H,7,9,23H2,(H2,24,26,31)/t13-,15+,17?,18-,21+/m0/s1. The summed E-state index contributed by atoms with van der Waals surface area (Å²) in [7, 11) is 0. The quantitative estimate of drug-likeness (QED) is 0.279. The van der Waals surface area contributed by atoms with Crippen molar-refractivity contribution in [3.63, 3.8) is 0 Å². The second-order valence-corrected chi connectivity index (χ2v) is 7.71. The summed E-state index contributed by atoms with van der Waals surface area (Å²) in [6, 6.07) is 9.49. The third-order valence-corrected chi connectivity index (χ3v) is 5.59. The fourth-order valence-corrected chi connectivity index (χ4v) is 3.84. The molecule has 1 aromatic carbocycles. The topological polar surface area (TPSA) is 202 Å². The number of H-pyrrole nitrogens is 1. The molecule has 0 saturated carbocycles. The molecule has 172 valence electrons. The summed E-state index contributed by atoms with van der Waals surface area (Å²) in [5, 5.41) is 31.5. The van der Waals surface area contributed by atoms with E-state index in [-0.39, 0.29) is 12.2 Å². The molecule has 33 heavy (non-hydrogen) atoms. The van der Waals surface area contributed by atoms with E-state index in [1.807, 2.05) is 24.3 Å². The van der Waals surface area contributed by atoms with Crippen molar-refractivity contribution in [3.05, 3.63) is 58.8 Å². The van der Waals surface area contributed by atoms with Crippen molar-refractivity contribution < 1.29 is 24.5 Å². The fourth-order valence-electron chi connectivity index (χ4n) is 3.84. The van der Waals surface area contributed by atoms with Gasteiger partial charge in [0.2, 0.25) is 0 Å². The number of fused-ring (bicyclic) bond motifs is 1. The van der Waals surface area contributed by atoms with Gasteiger partial charge in [0.05, 0.1) is 0 Å². The summed E-state index contributed by atoms with van der Waals surface area (Å²) in [6.07, 6.45) is -1.67. The molecule has 1 fully saturated rings. The molecule has 1 aliphatic rings. The molecule has 3 heterocycles. The van der Waals surface area contributed by atoms with Crippen LogP contribution in [-0.2, 0) is 26.4 Å². The highest BCUT2D eigenvalue weighted by molar-refractivity contribution is 5.84. The first kappa shape index (κ1) is 22.4. The number of aliphatic hydroxyl groups is 2. The minimum absolute atomic E-state index is 0.0907. The van der Waals surface area contributed by atoms with Gasteiger partial charge in [-0.3, -0.25) is 9.36 Å². The minimum Gasteiger partial charge on any atom is -0.462 e. The summed E-state index contributed by atoms with van der Waals surface area (Å²) in [5.74, 6) is -0.849. The molecule has 1 saturated heterocycles. The maximum absolute atomic E-state index is 12.4. The van der Waals surface area contributed by atoms with Gasteiger partial charge in [0.25, 0.3) is 5.72 Å². The number of nitrogens with one attached hydrogen (secondary N) is 1. The van der Waals surface area contributed by atoms with Gasteiger partial charge >= 0.3 is 11.7 Å². The van der Waals surface area contributed by atoms with Crippen LogP contribution in [0.5, 0.6) is 0 Å². The number of aliphatic hydroxyl groups excluding tert-OH is 2. The van der Waals surface area contributed by atoms with E-state index in [2.05, 4.69) is 9.97 Å². The fraction of sp³-hybridized carbons (Fsp3) is 0.333. The number of rotatable bonds is 6. The zero-order valence-corrected chi connectivity index (χ0v) is 17.3. The SMILES string of the molecule is N#C[C@@]1(n2ccc(N)nc2=O)O[C@H](COC(=O)[C@@H](N)Cc2c[nH]c3ccccc23)C(O)[C@@H]1O. The van der Waals surface area contributed by atoms with Gasteiger partial charge in [0, 0.05) is 29.7 Å². The lowest BCUT2D eigenvalue weighted by Gasteiger charge is -2.26. The summed E-state index contributed by atoms with van der Waals surface area (Å²) in [5.41, 5.74) is 9.96. The summed E-state index contributed by atoms with van der Waals surface area (Å²) in [4.78, 5) is 31.2. The van der Waals surface area contributed by atoms with Crippen LogP contribution in [-0.4, -0.2) is 61.7 Å². The Hall–Kier alpha value is -3.76. The Bertz CT molecular complexity index is 1280. The molecule has 4 rings (SSSR count). The largest absolute Gasteiger partial charge is 0.462 e. The highest BCUT2D eigenvalue weighted by Crippen LogP contribution is 2.34.